The van der Waals surface area contributed by atoms with E-state index in [4.69, 9.17) is 41.9 Å². The first-order valence-electron chi connectivity index (χ1n) is 13.6. The van der Waals surface area contributed by atoms with E-state index in [2.05, 4.69) is 10.3 Å². The number of aliphatic hydroxyl groups excluding tert-OH is 4. The van der Waals surface area contributed by atoms with Gasteiger partial charge in [0.15, 0.2) is 12.6 Å². The van der Waals surface area contributed by atoms with E-state index in [-0.39, 0.29) is 24.9 Å². The summed E-state index contributed by atoms with van der Waals surface area (Å²) in [7, 11) is 0. The number of nitrogens with two attached hydrogens (primary N) is 4. The van der Waals surface area contributed by atoms with Gasteiger partial charge in [0.25, 0.3) is 0 Å². The highest BCUT2D eigenvalue weighted by molar-refractivity contribution is 5.88. The molecular formula is C24H47FN6O9. The van der Waals surface area contributed by atoms with Gasteiger partial charge in [0, 0.05) is 19.1 Å². The molecule has 0 radical (unpaired) electrons. The zero-order valence-electron chi connectivity index (χ0n) is 23.0. The van der Waals surface area contributed by atoms with E-state index < -0.39 is 92.3 Å². The Bertz CT molecular complexity index is 824. The van der Waals surface area contributed by atoms with Crippen LogP contribution in [0.3, 0.4) is 0 Å². The predicted molar refractivity (Wildman–Crippen MR) is 141 cm³/mol. The van der Waals surface area contributed by atoms with Crippen LogP contribution in [0.1, 0.15) is 33.1 Å². The summed E-state index contributed by atoms with van der Waals surface area (Å²) in [6, 6.07) is -3.45. The second-order valence-corrected chi connectivity index (χ2v) is 11.3. The molecule has 1 saturated carbocycles. The van der Waals surface area contributed by atoms with Gasteiger partial charge < -0.3 is 72.7 Å². The largest absolute Gasteiger partial charge is 0.394 e. The molecule has 3 rings (SSSR count). The van der Waals surface area contributed by atoms with E-state index in [0.717, 1.165) is 0 Å². The summed E-state index contributed by atoms with van der Waals surface area (Å²) in [4.78, 5) is 4.37. The standard InChI is InChI=1S/C24H47FN6O9/c1-24(2,36)23(29)31-13-7-12(27)19(39-21-11(26)4-3-10(37-21)8-30-6-5-25)18(35)20(13)40-22-17(34)15(28)16(33)14(9-32)38-22/h10-22,30,32-36H,3-9,26-28H2,1-2H3,(H2,29,31). The molecule has 0 aromatic heterocycles. The number of rotatable bonds is 11. The first kappa shape index (κ1) is 33.4. The fourth-order valence-corrected chi connectivity index (χ4v) is 5.05. The number of nitrogens with zero attached hydrogens (tertiary/aromatic N) is 1. The van der Waals surface area contributed by atoms with Gasteiger partial charge >= 0.3 is 0 Å². The van der Waals surface area contributed by atoms with E-state index in [1.807, 2.05) is 0 Å². The Kier molecular flexibility index (Phi) is 12.0. The van der Waals surface area contributed by atoms with Crippen molar-refractivity contribution in [2.75, 3.05) is 26.4 Å². The van der Waals surface area contributed by atoms with E-state index in [9.17, 15) is 29.9 Å². The molecule has 14 N–H and O–H groups in total. The topological polar surface area (TPSA) is 267 Å². The minimum atomic E-state index is -1.52. The smallest absolute Gasteiger partial charge is 0.186 e. The Morgan fingerprint density at radius 2 is 1.68 bits per heavy atom. The number of alkyl halides is 1. The Hall–Kier alpha value is -1.12. The van der Waals surface area contributed by atoms with Gasteiger partial charge in [-0.3, -0.25) is 4.99 Å². The van der Waals surface area contributed by atoms with Crippen molar-refractivity contribution in [1.29, 1.82) is 0 Å². The second kappa shape index (κ2) is 14.4. The van der Waals surface area contributed by atoms with Crippen LogP contribution in [0.5, 0.6) is 0 Å². The molecule has 3 fully saturated rings. The minimum absolute atomic E-state index is 0.0769. The zero-order valence-corrected chi connectivity index (χ0v) is 23.0. The van der Waals surface area contributed by atoms with Crippen LogP contribution in [0.4, 0.5) is 4.39 Å². The third kappa shape index (κ3) is 8.03. The summed E-state index contributed by atoms with van der Waals surface area (Å²) in [5, 5.41) is 55.2. The monoisotopic (exact) mass is 582 g/mol. The van der Waals surface area contributed by atoms with Crippen LogP contribution in [0, 0.1) is 0 Å². The molecule has 15 nitrogen and oxygen atoms in total. The molecule has 2 aliphatic heterocycles. The first-order valence-corrected chi connectivity index (χ1v) is 13.6. The van der Waals surface area contributed by atoms with Gasteiger partial charge in [-0.1, -0.05) is 0 Å². The highest BCUT2D eigenvalue weighted by Gasteiger charge is 2.51. The highest BCUT2D eigenvalue weighted by Crippen LogP contribution is 2.33. The average Bonchev–Trinajstić information content (AvgIpc) is 2.89. The van der Waals surface area contributed by atoms with Crippen LogP contribution in [-0.2, 0) is 18.9 Å². The van der Waals surface area contributed by atoms with Crippen molar-refractivity contribution < 1.29 is 48.9 Å². The summed E-state index contributed by atoms with van der Waals surface area (Å²) in [5.74, 6) is -0.142. The minimum Gasteiger partial charge on any atom is -0.394 e. The normalized spacial score (nSPS) is 43.6. The predicted octanol–water partition coefficient (Wildman–Crippen LogP) is -4.50. The zero-order chi connectivity index (χ0) is 29.8. The lowest BCUT2D eigenvalue weighted by molar-refractivity contribution is -0.312. The van der Waals surface area contributed by atoms with Crippen LogP contribution < -0.4 is 28.3 Å². The fourth-order valence-electron chi connectivity index (χ4n) is 5.05. The van der Waals surface area contributed by atoms with Crippen LogP contribution in [-0.4, -0.2) is 143 Å². The van der Waals surface area contributed by atoms with E-state index in [1.165, 1.54) is 13.8 Å². The lowest BCUT2D eigenvalue weighted by Crippen LogP contribution is -2.66. The summed E-state index contributed by atoms with van der Waals surface area (Å²) in [6.07, 6.45) is -9.25. The maximum Gasteiger partial charge on any atom is 0.186 e. The summed E-state index contributed by atoms with van der Waals surface area (Å²) >= 11 is 0. The maximum atomic E-state index is 12.5. The second-order valence-electron chi connectivity index (χ2n) is 11.3. The molecular weight excluding hydrogens is 535 g/mol. The third-order valence-electron chi connectivity index (χ3n) is 7.58. The number of halogens is 1. The van der Waals surface area contributed by atoms with Gasteiger partial charge in [-0.15, -0.1) is 0 Å². The van der Waals surface area contributed by atoms with Crippen molar-refractivity contribution in [3.63, 3.8) is 0 Å². The van der Waals surface area contributed by atoms with E-state index in [0.29, 0.717) is 19.4 Å². The quantitative estimate of drug-likeness (QED) is 0.0625. The molecule has 2 saturated heterocycles. The van der Waals surface area contributed by atoms with Gasteiger partial charge in [-0.05, 0) is 33.1 Å². The molecule has 40 heavy (non-hydrogen) atoms. The van der Waals surface area contributed by atoms with Crippen LogP contribution in [0.15, 0.2) is 4.99 Å². The van der Waals surface area contributed by atoms with Gasteiger partial charge in [-0.25, -0.2) is 4.39 Å². The average molecular weight is 583 g/mol. The summed E-state index contributed by atoms with van der Waals surface area (Å²) < 4.78 is 36.1. The van der Waals surface area contributed by atoms with E-state index in [1.54, 1.807) is 0 Å². The Morgan fingerprint density at radius 3 is 2.30 bits per heavy atom. The molecule has 0 bridgehead atoms. The molecule has 13 unspecified atom stereocenters. The third-order valence-corrected chi connectivity index (χ3v) is 7.58. The van der Waals surface area contributed by atoms with Crippen molar-refractivity contribution in [3.05, 3.63) is 0 Å². The highest BCUT2D eigenvalue weighted by atomic mass is 19.1. The number of hydrogen-bond donors (Lipinski definition) is 10. The molecule has 0 aromatic rings. The lowest BCUT2D eigenvalue weighted by atomic mass is 9.83. The molecule has 3 aliphatic rings. The van der Waals surface area contributed by atoms with Gasteiger partial charge in [-0.2, -0.15) is 0 Å². The maximum absolute atomic E-state index is 12.5. The molecule has 0 spiro atoms. The Labute approximate surface area is 233 Å². The molecule has 16 heteroatoms. The van der Waals surface area contributed by atoms with Gasteiger partial charge in [0.05, 0.1) is 30.8 Å². The number of hydrogen-bond acceptors (Lipinski definition) is 14. The van der Waals surface area contributed by atoms with Crippen molar-refractivity contribution >= 4 is 5.84 Å². The molecule has 13 atom stereocenters. The number of aliphatic hydroxyl groups is 5. The van der Waals surface area contributed by atoms with Crippen LogP contribution >= 0.6 is 0 Å². The lowest BCUT2D eigenvalue weighted by Gasteiger charge is -2.47. The molecule has 0 amide bonds. The van der Waals surface area contributed by atoms with Crippen molar-refractivity contribution in [3.8, 4) is 0 Å². The van der Waals surface area contributed by atoms with Gasteiger partial charge in [0.1, 0.15) is 54.7 Å². The van der Waals surface area contributed by atoms with Crippen LogP contribution in [0.25, 0.3) is 0 Å². The van der Waals surface area contributed by atoms with Crippen LogP contribution in [0.2, 0.25) is 0 Å². The molecule has 0 aromatic carbocycles. The Morgan fingerprint density at radius 1 is 1.00 bits per heavy atom. The fraction of sp³-hybridized carbons (Fsp3) is 0.958. The number of nitrogens with one attached hydrogen (secondary N) is 1. The number of ether oxygens (including phenoxy) is 4. The summed E-state index contributed by atoms with van der Waals surface area (Å²) in [5.41, 5.74) is 23.1. The van der Waals surface area contributed by atoms with Gasteiger partial charge in [0.2, 0.25) is 0 Å². The molecule has 2 heterocycles. The van der Waals surface area contributed by atoms with Crippen molar-refractivity contribution in [2.24, 2.45) is 27.9 Å². The summed E-state index contributed by atoms with van der Waals surface area (Å²) in [6.45, 7) is 2.34. The molecule has 234 valence electrons. The molecule has 1 aliphatic carbocycles. The Balaban J connectivity index is 1.83. The number of aliphatic imine (C=N–C) groups is 1. The first-order chi connectivity index (χ1) is 18.8. The van der Waals surface area contributed by atoms with Crippen molar-refractivity contribution in [2.45, 2.75) is 118 Å². The van der Waals surface area contributed by atoms with Crippen molar-refractivity contribution in [1.82, 2.24) is 5.32 Å². The SMILES string of the molecule is CC(C)(O)C(N)=NC1CC(N)C(OC2OC(CNCCF)CCC2N)C(O)C1OC1OC(CO)C(O)C(N)C1O. The van der Waals surface area contributed by atoms with E-state index >= 15 is 0 Å². The number of amidine groups is 1.